The Morgan fingerprint density at radius 3 is 2.58 bits per heavy atom. The first kappa shape index (κ1) is 9.04. The molecule has 0 aliphatic heterocycles. The summed E-state index contributed by atoms with van der Waals surface area (Å²) in [5, 5.41) is 2.15. The molecule has 62 valence electrons. The van der Waals surface area contributed by atoms with Gasteiger partial charge in [0.05, 0.1) is 5.16 Å². The summed E-state index contributed by atoms with van der Waals surface area (Å²) in [5.74, 6) is -0.343. The lowest BCUT2D eigenvalue weighted by atomic mass is 10.1. The number of halogens is 1. The number of isothiocyanates is 1. The number of hydrogen-bond donors (Lipinski definition) is 0. The first-order valence-corrected chi connectivity index (χ1v) is 3.90. The summed E-state index contributed by atoms with van der Waals surface area (Å²) in [5.41, 5.74) is 1.95. The van der Waals surface area contributed by atoms with Gasteiger partial charge >= 0.3 is 0 Å². The molecule has 12 heavy (non-hydrogen) atoms. The molecule has 0 atom stereocenters. The standard InChI is InChI=1S/C9H8FNS/c1-6-3-7(2)9(11-5-12)8(10)4-6/h3-4H,1-2H3. The van der Waals surface area contributed by atoms with E-state index in [4.69, 9.17) is 0 Å². The quantitative estimate of drug-likeness (QED) is 0.479. The zero-order valence-electron chi connectivity index (χ0n) is 6.89. The van der Waals surface area contributed by atoms with Crippen molar-refractivity contribution < 1.29 is 4.39 Å². The van der Waals surface area contributed by atoms with Gasteiger partial charge in [-0.05, 0) is 43.3 Å². The van der Waals surface area contributed by atoms with Gasteiger partial charge in [-0.3, -0.25) is 0 Å². The van der Waals surface area contributed by atoms with Crippen LogP contribution in [0.3, 0.4) is 0 Å². The second-order valence-electron chi connectivity index (χ2n) is 2.62. The van der Waals surface area contributed by atoms with Crippen molar-refractivity contribution >= 4 is 23.1 Å². The lowest BCUT2D eigenvalue weighted by molar-refractivity contribution is 0.628. The highest BCUT2D eigenvalue weighted by Gasteiger charge is 2.04. The van der Waals surface area contributed by atoms with Crippen LogP contribution in [0.1, 0.15) is 11.1 Å². The molecule has 0 unspecified atom stereocenters. The Bertz CT molecular complexity index is 331. The summed E-state index contributed by atoms with van der Waals surface area (Å²) in [6.45, 7) is 3.63. The number of aryl methyl sites for hydroxylation is 2. The van der Waals surface area contributed by atoms with Crippen LogP contribution in [-0.4, -0.2) is 5.16 Å². The predicted octanol–water partition coefficient (Wildman–Crippen LogP) is 3.18. The molecule has 0 heterocycles. The van der Waals surface area contributed by atoms with E-state index in [0.717, 1.165) is 11.1 Å². The minimum Gasteiger partial charge on any atom is -0.205 e. The molecule has 0 saturated carbocycles. The van der Waals surface area contributed by atoms with E-state index in [2.05, 4.69) is 22.4 Å². The van der Waals surface area contributed by atoms with Crippen molar-refractivity contribution in [3.8, 4) is 0 Å². The fourth-order valence-electron chi connectivity index (χ4n) is 1.10. The summed E-state index contributed by atoms with van der Waals surface area (Å²) >= 11 is 4.40. The molecule has 0 radical (unpaired) electrons. The fourth-order valence-corrected chi connectivity index (χ4v) is 1.19. The van der Waals surface area contributed by atoms with E-state index < -0.39 is 0 Å². The first-order chi connectivity index (χ1) is 5.65. The summed E-state index contributed by atoms with van der Waals surface area (Å²) in [6, 6.07) is 3.28. The summed E-state index contributed by atoms with van der Waals surface area (Å²) in [4.78, 5) is 3.64. The van der Waals surface area contributed by atoms with Crippen molar-refractivity contribution in [2.45, 2.75) is 13.8 Å². The van der Waals surface area contributed by atoms with E-state index in [1.54, 1.807) is 6.92 Å². The molecular formula is C9H8FNS. The topological polar surface area (TPSA) is 12.4 Å². The van der Waals surface area contributed by atoms with Crippen LogP contribution in [0.5, 0.6) is 0 Å². The number of nitrogens with zero attached hydrogens (tertiary/aromatic N) is 1. The Hall–Kier alpha value is -1.05. The highest BCUT2D eigenvalue weighted by molar-refractivity contribution is 7.78. The maximum Gasteiger partial charge on any atom is 0.150 e. The average Bonchev–Trinajstić information content (AvgIpc) is 1.96. The van der Waals surface area contributed by atoms with Gasteiger partial charge in [0.2, 0.25) is 0 Å². The van der Waals surface area contributed by atoms with Gasteiger partial charge in [-0.25, -0.2) is 4.39 Å². The maximum atomic E-state index is 13.1. The monoisotopic (exact) mass is 181 g/mol. The minimum atomic E-state index is -0.343. The van der Waals surface area contributed by atoms with Crippen molar-refractivity contribution in [3.05, 3.63) is 29.1 Å². The Morgan fingerprint density at radius 2 is 2.08 bits per heavy atom. The first-order valence-electron chi connectivity index (χ1n) is 3.50. The molecule has 1 rings (SSSR count). The number of rotatable bonds is 1. The molecule has 0 spiro atoms. The number of aliphatic imine (C=N–C) groups is 1. The van der Waals surface area contributed by atoms with Gasteiger partial charge in [-0.15, -0.1) is 0 Å². The van der Waals surface area contributed by atoms with Crippen molar-refractivity contribution in [1.82, 2.24) is 0 Å². The largest absolute Gasteiger partial charge is 0.205 e. The lowest BCUT2D eigenvalue weighted by Crippen LogP contribution is -1.83. The Morgan fingerprint density at radius 1 is 1.42 bits per heavy atom. The Balaban J connectivity index is 3.37. The minimum absolute atomic E-state index is 0.288. The van der Waals surface area contributed by atoms with Gasteiger partial charge in [0, 0.05) is 0 Å². The zero-order valence-corrected chi connectivity index (χ0v) is 7.70. The molecule has 0 saturated heterocycles. The second-order valence-corrected chi connectivity index (χ2v) is 2.80. The van der Waals surface area contributed by atoms with Crippen molar-refractivity contribution in [3.63, 3.8) is 0 Å². The molecule has 3 heteroatoms. The van der Waals surface area contributed by atoms with Crippen LogP contribution in [0.2, 0.25) is 0 Å². The predicted molar refractivity (Wildman–Crippen MR) is 50.6 cm³/mol. The van der Waals surface area contributed by atoms with Gasteiger partial charge in [0.15, 0.2) is 0 Å². The van der Waals surface area contributed by atoms with Gasteiger partial charge < -0.3 is 0 Å². The van der Waals surface area contributed by atoms with Crippen LogP contribution in [0.15, 0.2) is 17.1 Å². The van der Waals surface area contributed by atoms with Crippen molar-refractivity contribution in [2.75, 3.05) is 0 Å². The van der Waals surface area contributed by atoms with E-state index in [1.807, 2.05) is 13.0 Å². The number of hydrogen-bond acceptors (Lipinski definition) is 2. The number of benzene rings is 1. The van der Waals surface area contributed by atoms with Crippen molar-refractivity contribution in [2.24, 2.45) is 4.99 Å². The Kier molecular flexibility index (Phi) is 2.69. The van der Waals surface area contributed by atoms with E-state index in [9.17, 15) is 4.39 Å². The third-order valence-corrected chi connectivity index (χ3v) is 1.65. The third kappa shape index (κ3) is 1.76. The van der Waals surface area contributed by atoms with E-state index in [-0.39, 0.29) is 11.5 Å². The van der Waals surface area contributed by atoms with Crippen LogP contribution in [0, 0.1) is 19.7 Å². The van der Waals surface area contributed by atoms with Crippen molar-refractivity contribution in [1.29, 1.82) is 0 Å². The van der Waals surface area contributed by atoms with E-state index in [1.165, 1.54) is 6.07 Å². The summed E-state index contributed by atoms with van der Waals surface area (Å²) in [7, 11) is 0. The van der Waals surface area contributed by atoms with Crippen LogP contribution in [-0.2, 0) is 0 Å². The lowest BCUT2D eigenvalue weighted by Gasteiger charge is -2.01. The molecular weight excluding hydrogens is 173 g/mol. The molecule has 0 bridgehead atoms. The number of thiocarbonyl (C=S) groups is 1. The molecule has 1 aromatic rings. The Labute approximate surface area is 75.9 Å². The molecule has 1 aromatic carbocycles. The summed E-state index contributed by atoms with van der Waals surface area (Å²) in [6.07, 6.45) is 0. The molecule has 1 nitrogen and oxygen atoms in total. The molecule has 0 aromatic heterocycles. The SMILES string of the molecule is Cc1cc(C)c(N=C=S)c(F)c1. The zero-order chi connectivity index (χ0) is 9.14. The highest BCUT2D eigenvalue weighted by Crippen LogP contribution is 2.23. The summed E-state index contributed by atoms with van der Waals surface area (Å²) < 4.78 is 13.1. The van der Waals surface area contributed by atoms with E-state index >= 15 is 0 Å². The normalized spacial score (nSPS) is 9.25. The van der Waals surface area contributed by atoms with E-state index in [0.29, 0.717) is 0 Å². The highest BCUT2D eigenvalue weighted by atomic mass is 32.1. The maximum absolute atomic E-state index is 13.1. The molecule has 0 amide bonds. The third-order valence-electron chi connectivity index (χ3n) is 1.56. The van der Waals surface area contributed by atoms with Gasteiger partial charge in [-0.1, -0.05) is 6.07 Å². The smallest absolute Gasteiger partial charge is 0.150 e. The molecule has 0 fully saturated rings. The fraction of sp³-hybridized carbons (Fsp3) is 0.222. The van der Waals surface area contributed by atoms with Crippen LogP contribution in [0.25, 0.3) is 0 Å². The van der Waals surface area contributed by atoms with Gasteiger partial charge in [0.25, 0.3) is 0 Å². The molecule has 0 aliphatic rings. The van der Waals surface area contributed by atoms with Gasteiger partial charge in [-0.2, -0.15) is 4.99 Å². The molecule has 0 aliphatic carbocycles. The van der Waals surface area contributed by atoms with Crippen LogP contribution >= 0.6 is 12.2 Å². The van der Waals surface area contributed by atoms with Crippen LogP contribution < -0.4 is 0 Å². The van der Waals surface area contributed by atoms with Gasteiger partial charge in [0.1, 0.15) is 11.5 Å². The average molecular weight is 181 g/mol. The van der Waals surface area contributed by atoms with Crippen LogP contribution in [0.4, 0.5) is 10.1 Å². The molecule has 0 N–H and O–H groups in total. The second kappa shape index (κ2) is 3.57.